The van der Waals surface area contributed by atoms with Crippen molar-refractivity contribution in [2.24, 2.45) is 0 Å². The topological polar surface area (TPSA) is 76.4 Å². The highest BCUT2D eigenvalue weighted by molar-refractivity contribution is 5.73. The summed E-state index contributed by atoms with van der Waals surface area (Å²) in [6.45, 7) is 1.79. The lowest BCUT2D eigenvalue weighted by atomic mass is 10.2. The molecule has 0 radical (unpaired) electrons. The van der Waals surface area contributed by atoms with Crippen LogP contribution in [0.2, 0.25) is 0 Å². The molecule has 2 N–H and O–H groups in total. The number of hydrogen-bond donors (Lipinski definition) is 2. The SMILES string of the molecule is O=C(NCc1ccc(-c2ccoc2)nc1)NC[C@H]1CCCO1. The van der Waals surface area contributed by atoms with Crippen LogP contribution in [0.5, 0.6) is 0 Å². The predicted octanol–water partition coefficient (Wildman–Crippen LogP) is 2.32. The van der Waals surface area contributed by atoms with E-state index in [9.17, 15) is 4.79 Å². The molecule has 1 aliphatic heterocycles. The highest BCUT2D eigenvalue weighted by Crippen LogP contribution is 2.17. The molecule has 3 heterocycles. The highest BCUT2D eigenvalue weighted by Gasteiger charge is 2.15. The van der Waals surface area contributed by atoms with Gasteiger partial charge in [0.15, 0.2) is 0 Å². The number of nitrogens with zero attached hydrogens (tertiary/aromatic N) is 1. The van der Waals surface area contributed by atoms with Crippen molar-refractivity contribution < 1.29 is 13.9 Å². The van der Waals surface area contributed by atoms with Crippen molar-refractivity contribution >= 4 is 6.03 Å². The van der Waals surface area contributed by atoms with Gasteiger partial charge in [0.1, 0.15) is 0 Å². The fourth-order valence-corrected chi connectivity index (χ4v) is 2.37. The van der Waals surface area contributed by atoms with Gasteiger partial charge in [0.2, 0.25) is 0 Å². The third-order valence-electron chi connectivity index (χ3n) is 3.61. The molecule has 116 valence electrons. The third kappa shape index (κ3) is 3.85. The lowest BCUT2D eigenvalue weighted by Crippen LogP contribution is -2.39. The second kappa shape index (κ2) is 7.09. The van der Waals surface area contributed by atoms with Crippen molar-refractivity contribution in [3.8, 4) is 11.3 Å². The van der Waals surface area contributed by atoms with E-state index in [0.717, 1.165) is 36.3 Å². The second-order valence-electron chi connectivity index (χ2n) is 5.26. The van der Waals surface area contributed by atoms with Gasteiger partial charge >= 0.3 is 6.03 Å². The molecule has 0 bridgehead atoms. The van der Waals surface area contributed by atoms with Crippen LogP contribution >= 0.6 is 0 Å². The molecule has 1 aliphatic rings. The summed E-state index contributed by atoms with van der Waals surface area (Å²) >= 11 is 0. The molecule has 2 aromatic heterocycles. The summed E-state index contributed by atoms with van der Waals surface area (Å²) in [4.78, 5) is 16.1. The van der Waals surface area contributed by atoms with Crippen LogP contribution in [0.4, 0.5) is 4.79 Å². The van der Waals surface area contributed by atoms with Crippen LogP contribution in [0.1, 0.15) is 18.4 Å². The molecule has 0 aromatic carbocycles. The van der Waals surface area contributed by atoms with Crippen molar-refractivity contribution in [3.63, 3.8) is 0 Å². The summed E-state index contributed by atoms with van der Waals surface area (Å²) in [5.74, 6) is 0. The van der Waals surface area contributed by atoms with E-state index < -0.39 is 0 Å². The van der Waals surface area contributed by atoms with Crippen LogP contribution in [0, 0.1) is 0 Å². The van der Waals surface area contributed by atoms with Gasteiger partial charge in [-0.2, -0.15) is 0 Å². The number of hydrogen-bond acceptors (Lipinski definition) is 4. The van der Waals surface area contributed by atoms with Gasteiger partial charge < -0.3 is 19.8 Å². The van der Waals surface area contributed by atoms with Crippen LogP contribution in [0.3, 0.4) is 0 Å². The first-order valence-electron chi connectivity index (χ1n) is 7.42. The zero-order chi connectivity index (χ0) is 15.2. The number of carbonyl (C=O) groups excluding carboxylic acids is 1. The zero-order valence-electron chi connectivity index (χ0n) is 12.2. The number of aromatic nitrogens is 1. The Morgan fingerprint density at radius 3 is 2.95 bits per heavy atom. The normalized spacial score (nSPS) is 17.4. The monoisotopic (exact) mass is 301 g/mol. The molecule has 1 saturated heterocycles. The summed E-state index contributed by atoms with van der Waals surface area (Å²) < 4.78 is 10.5. The number of rotatable bonds is 5. The molecule has 2 amide bonds. The van der Waals surface area contributed by atoms with Gasteiger partial charge in [-0.3, -0.25) is 4.98 Å². The molecule has 1 fully saturated rings. The van der Waals surface area contributed by atoms with Crippen molar-refractivity contribution in [2.45, 2.75) is 25.5 Å². The molecule has 22 heavy (non-hydrogen) atoms. The van der Waals surface area contributed by atoms with Crippen LogP contribution in [-0.4, -0.2) is 30.3 Å². The van der Waals surface area contributed by atoms with Crippen LogP contribution in [0.15, 0.2) is 41.3 Å². The maximum absolute atomic E-state index is 11.7. The van der Waals surface area contributed by atoms with E-state index in [4.69, 9.17) is 9.15 Å². The molecular formula is C16H19N3O3. The van der Waals surface area contributed by atoms with E-state index in [1.807, 2.05) is 18.2 Å². The van der Waals surface area contributed by atoms with Gasteiger partial charge in [0.05, 0.1) is 24.3 Å². The summed E-state index contributed by atoms with van der Waals surface area (Å²) in [6.07, 6.45) is 7.26. The smallest absolute Gasteiger partial charge is 0.315 e. The largest absolute Gasteiger partial charge is 0.472 e. The van der Waals surface area contributed by atoms with E-state index in [-0.39, 0.29) is 12.1 Å². The maximum Gasteiger partial charge on any atom is 0.315 e. The highest BCUT2D eigenvalue weighted by atomic mass is 16.5. The number of furan rings is 1. The fourth-order valence-electron chi connectivity index (χ4n) is 2.37. The number of amides is 2. The van der Waals surface area contributed by atoms with Crippen LogP contribution in [-0.2, 0) is 11.3 Å². The number of urea groups is 1. The van der Waals surface area contributed by atoms with E-state index in [0.29, 0.717) is 13.1 Å². The summed E-state index contributed by atoms with van der Waals surface area (Å²) in [5.41, 5.74) is 2.73. The minimum Gasteiger partial charge on any atom is -0.472 e. The minimum absolute atomic E-state index is 0.154. The van der Waals surface area contributed by atoms with Gasteiger partial charge in [-0.05, 0) is 30.5 Å². The van der Waals surface area contributed by atoms with E-state index in [1.165, 1.54) is 0 Å². The zero-order valence-corrected chi connectivity index (χ0v) is 12.2. The Hall–Kier alpha value is -2.34. The molecule has 0 aliphatic carbocycles. The summed E-state index contributed by atoms with van der Waals surface area (Å²) in [7, 11) is 0. The molecule has 1 atom stereocenters. The molecular weight excluding hydrogens is 282 g/mol. The Balaban J connectivity index is 1.43. The van der Waals surface area contributed by atoms with Crippen molar-refractivity contribution in [3.05, 3.63) is 42.5 Å². The van der Waals surface area contributed by atoms with Crippen molar-refractivity contribution in [1.29, 1.82) is 0 Å². The third-order valence-corrected chi connectivity index (χ3v) is 3.61. The molecule has 0 unspecified atom stereocenters. The Kier molecular flexibility index (Phi) is 4.70. The number of carbonyl (C=O) groups is 1. The van der Waals surface area contributed by atoms with Gasteiger partial charge in [-0.25, -0.2) is 4.79 Å². The molecule has 0 spiro atoms. The van der Waals surface area contributed by atoms with Gasteiger partial charge in [-0.15, -0.1) is 0 Å². The van der Waals surface area contributed by atoms with E-state index in [2.05, 4.69) is 15.6 Å². The molecule has 0 saturated carbocycles. The number of ether oxygens (including phenoxy) is 1. The van der Waals surface area contributed by atoms with E-state index >= 15 is 0 Å². The average molecular weight is 301 g/mol. The van der Waals surface area contributed by atoms with Crippen LogP contribution < -0.4 is 10.6 Å². The predicted molar refractivity (Wildman–Crippen MR) is 81.2 cm³/mol. The second-order valence-corrected chi connectivity index (χ2v) is 5.26. The first kappa shape index (κ1) is 14.6. The summed E-state index contributed by atoms with van der Waals surface area (Å²) in [5, 5.41) is 5.63. The number of pyridine rings is 1. The van der Waals surface area contributed by atoms with Crippen LogP contribution in [0.25, 0.3) is 11.3 Å². The van der Waals surface area contributed by atoms with Crippen molar-refractivity contribution in [1.82, 2.24) is 15.6 Å². The molecule has 3 rings (SSSR count). The Morgan fingerprint density at radius 1 is 1.32 bits per heavy atom. The molecule has 6 nitrogen and oxygen atoms in total. The van der Waals surface area contributed by atoms with Gasteiger partial charge in [0.25, 0.3) is 0 Å². The standard InChI is InChI=1S/C16H19N3O3/c20-16(19-10-14-2-1-6-22-14)18-9-12-3-4-15(17-8-12)13-5-7-21-11-13/h3-5,7-8,11,14H,1-2,6,9-10H2,(H2,18,19,20)/t14-/m1/s1. The Bertz CT molecular complexity index is 590. The first-order chi connectivity index (χ1) is 10.8. The van der Waals surface area contributed by atoms with E-state index in [1.54, 1.807) is 18.7 Å². The first-order valence-corrected chi connectivity index (χ1v) is 7.42. The van der Waals surface area contributed by atoms with Gasteiger partial charge in [0, 0.05) is 31.5 Å². The molecule has 6 heteroatoms. The maximum atomic E-state index is 11.7. The minimum atomic E-state index is -0.186. The lowest BCUT2D eigenvalue weighted by Gasteiger charge is -2.11. The number of nitrogens with one attached hydrogen (secondary N) is 2. The average Bonchev–Trinajstić information content (AvgIpc) is 3.24. The van der Waals surface area contributed by atoms with Crippen molar-refractivity contribution in [2.75, 3.05) is 13.2 Å². The Morgan fingerprint density at radius 2 is 2.27 bits per heavy atom. The summed E-state index contributed by atoms with van der Waals surface area (Å²) in [6, 6.07) is 5.52. The lowest BCUT2D eigenvalue weighted by molar-refractivity contribution is 0.111. The Labute approximate surface area is 128 Å². The quantitative estimate of drug-likeness (QED) is 0.888. The van der Waals surface area contributed by atoms with Gasteiger partial charge in [-0.1, -0.05) is 6.07 Å². The molecule has 2 aromatic rings. The fraction of sp³-hybridized carbons (Fsp3) is 0.375.